The van der Waals surface area contributed by atoms with Gasteiger partial charge in [0.2, 0.25) is 5.91 Å². The molecule has 1 aliphatic rings. The van der Waals surface area contributed by atoms with Crippen LogP contribution < -0.4 is 10.9 Å². The minimum Gasteiger partial charge on any atom is -0.462 e. The van der Waals surface area contributed by atoms with E-state index in [4.69, 9.17) is 4.74 Å². The van der Waals surface area contributed by atoms with Crippen molar-refractivity contribution in [3.63, 3.8) is 0 Å². The summed E-state index contributed by atoms with van der Waals surface area (Å²) in [6.45, 7) is 3.81. The van der Waals surface area contributed by atoms with Crippen LogP contribution in [0, 0.1) is 0 Å². The highest BCUT2D eigenvalue weighted by molar-refractivity contribution is 8.00. The number of rotatable bonds is 6. The Kier molecular flexibility index (Phi) is 6.51. The van der Waals surface area contributed by atoms with Crippen LogP contribution in [-0.4, -0.2) is 33.7 Å². The third kappa shape index (κ3) is 4.81. The average Bonchev–Trinajstić information content (AvgIpc) is 2.68. The summed E-state index contributed by atoms with van der Waals surface area (Å²) >= 11 is 1.22. The zero-order valence-corrected chi connectivity index (χ0v) is 16.7. The van der Waals surface area contributed by atoms with Gasteiger partial charge in [-0.05, 0) is 63.8 Å². The smallest absolute Gasteiger partial charge is 0.338 e. The molecule has 3 rings (SSSR count). The first-order valence-electron chi connectivity index (χ1n) is 9.34. The Labute approximate surface area is 167 Å². The maximum Gasteiger partial charge on any atom is 0.338 e. The van der Waals surface area contributed by atoms with E-state index in [1.807, 2.05) is 0 Å². The van der Waals surface area contributed by atoms with Crippen LogP contribution in [0.25, 0.3) is 0 Å². The number of nitrogens with one attached hydrogen (secondary N) is 2. The van der Waals surface area contributed by atoms with Crippen LogP contribution in [-0.2, 0) is 22.4 Å². The number of H-pyrrole nitrogens is 1. The lowest BCUT2D eigenvalue weighted by atomic mass is 9.97. The van der Waals surface area contributed by atoms with Crippen molar-refractivity contribution < 1.29 is 14.3 Å². The van der Waals surface area contributed by atoms with Crippen LogP contribution >= 0.6 is 11.8 Å². The van der Waals surface area contributed by atoms with E-state index in [2.05, 4.69) is 15.3 Å². The lowest BCUT2D eigenvalue weighted by molar-refractivity contribution is -0.115. The summed E-state index contributed by atoms with van der Waals surface area (Å²) in [6, 6.07) is 6.52. The molecule has 8 heteroatoms. The first-order chi connectivity index (χ1) is 13.5. The number of aryl methyl sites for hydroxylation is 1. The highest BCUT2D eigenvalue weighted by Crippen LogP contribution is 2.23. The molecule has 0 bridgehead atoms. The third-order valence-corrected chi connectivity index (χ3v) is 5.48. The van der Waals surface area contributed by atoms with Gasteiger partial charge < -0.3 is 15.0 Å². The number of hydrogen-bond acceptors (Lipinski definition) is 6. The number of ether oxygens (including phenoxy) is 1. The Bertz CT molecular complexity index is 924. The fraction of sp³-hybridized carbons (Fsp3) is 0.400. The summed E-state index contributed by atoms with van der Waals surface area (Å²) in [5.74, 6) is -0.610. The molecule has 1 aromatic heterocycles. The Balaban J connectivity index is 1.63. The Morgan fingerprint density at radius 2 is 1.96 bits per heavy atom. The predicted molar refractivity (Wildman–Crippen MR) is 108 cm³/mol. The van der Waals surface area contributed by atoms with Gasteiger partial charge in [-0.3, -0.25) is 9.59 Å². The number of fused-ring (bicyclic) bond motifs is 1. The van der Waals surface area contributed by atoms with E-state index in [0.29, 0.717) is 23.0 Å². The number of aromatic nitrogens is 2. The van der Waals surface area contributed by atoms with Crippen molar-refractivity contribution >= 4 is 29.3 Å². The van der Waals surface area contributed by atoms with Gasteiger partial charge in [0.15, 0.2) is 5.16 Å². The van der Waals surface area contributed by atoms with Crippen LogP contribution in [0.3, 0.4) is 0 Å². The molecule has 1 aliphatic carbocycles. The Morgan fingerprint density at radius 1 is 1.25 bits per heavy atom. The molecule has 1 aromatic carbocycles. The molecular weight excluding hydrogens is 378 g/mol. The first kappa shape index (κ1) is 20.1. The summed E-state index contributed by atoms with van der Waals surface area (Å²) in [7, 11) is 0. The van der Waals surface area contributed by atoms with Gasteiger partial charge in [-0.2, -0.15) is 0 Å². The van der Waals surface area contributed by atoms with Gasteiger partial charge >= 0.3 is 5.97 Å². The molecule has 1 heterocycles. The van der Waals surface area contributed by atoms with Crippen molar-refractivity contribution in [2.75, 3.05) is 11.9 Å². The quantitative estimate of drug-likeness (QED) is 0.438. The van der Waals surface area contributed by atoms with Crippen molar-refractivity contribution in [2.24, 2.45) is 0 Å². The number of amides is 1. The summed E-state index contributed by atoms with van der Waals surface area (Å²) in [5, 5.41) is 2.82. The molecule has 1 amide bonds. The Morgan fingerprint density at radius 3 is 2.68 bits per heavy atom. The Hall–Kier alpha value is -2.61. The molecular formula is C20H23N3O4S. The maximum atomic E-state index is 12.5. The monoisotopic (exact) mass is 401 g/mol. The zero-order chi connectivity index (χ0) is 20.1. The standard InChI is InChI=1S/C20H23N3O4S/c1-3-27-19(26)13-8-10-14(11-9-13)21-17(24)12(2)28-20-22-16-7-5-4-6-15(16)18(25)23-20/h8-12H,3-7H2,1-2H3,(H,21,24)(H,22,23,25)/t12-/m1/s1. The maximum absolute atomic E-state index is 12.5. The number of esters is 1. The second-order valence-corrected chi connectivity index (χ2v) is 7.88. The van der Waals surface area contributed by atoms with E-state index in [0.717, 1.165) is 36.9 Å². The molecule has 0 fully saturated rings. The molecule has 1 atom stereocenters. The molecule has 148 valence electrons. The minimum atomic E-state index is -0.450. The number of aromatic amines is 1. The third-order valence-electron chi connectivity index (χ3n) is 4.49. The zero-order valence-electron chi connectivity index (χ0n) is 15.9. The molecule has 7 nitrogen and oxygen atoms in total. The van der Waals surface area contributed by atoms with Gasteiger partial charge in [-0.25, -0.2) is 9.78 Å². The van der Waals surface area contributed by atoms with Gasteiger partial charge in [0.1, 0.15) is 0 Å². The number of carbonyl (C=O) groups is 2. The second kappa shape index (κ2) is 9.05. The summed E-state index contributed by atoms with van der Waals surface area (Å²) < 4.78 is 4.94. The van der Waals surface area contributed by atoms with Gasteiger partial charge in [0.05, 0.1) is 23.1 Å². The lowest BCUT2D eigenvalue weighted by Gasteiger charge is -2.16. The van der Waals surface area contributed by atoms with Crippen molar-refractivity contribution in [3.8, 4) is 0 Å². The number of anilines is 1. The molecule has 0 saturated heterocycles. The fourth-order valence-corrected chi connectivity index (χ4v) is 3.82. The largest absolute Gasteiger partial charge is 0.462 e. The lowest BCUT2D eigenvalue weighted by Crippen LogP contribution is -2.25. The average molecular weight is 401 g/mol. The van der Waals surface area contributed by atoms with E-state index in [1.54, 1.807) is 38.1 Å². The number of nitrogens with zero attached hydrogens (tertiary/aromatic N) is 1. The highest BCUT2D eigenvalue weighted by atomic mass is 32.2. The van der Waals surface area contributed by atoms with Crippen LogP contribution in [0.15, 0.2) is 34.2 Å². The molecule has 0 aliphatic heterocycles. The van der Waals surface area contributed by atoms with Crippen molar-refractivity contribution in [2.45, 2.75) is 49.9 Å². The normalized spacial score (nSPS) is 14.1. The molecule has 0 unspecified atom stereocenters. The predicted octanol–water partition coefficient (Wildman–Crippen LogP) is 2.94. The summed E-state index contributed by atoms with van der Waals surface area (Å²) in [5.41, 5.74) is 2.53. The van der Waals surface area contributed by atoms with E-state index in [1.165, 1.54) is 11.8 Å². The van der Waals surface area contributed by atoms with Gasteiger partial charge in [-0.1, -0.05) is 11.8 Å². The van der Waals surface area contributed by atoms with Crippen LogP contribution in [0.5, 0.6) is 0 Å². The van der Waals surface area contributed by atoms with E-state index in [-0.39, 0.29) is 11.5 Å². The fourth-order valence-electron chi connectivity index (χ4n) is 3.01. The van der Waals surface area contributed by atoms with Crippen LogP contribution in [0.2, 0.25) is 0 Å². The molecule has 28 heavy (non-hydrogen) atoms. The highest BCUT2D eigenvalue weighted by Gasteiger charge is 2.20. The van der Waals surface area contributed by atoms with E-state index in [9.17, 15) is 14.4 Å². The van der Waals surface area contributed by atoms with Crippen molar-refractivity contribution in [3.05, 3.63) is 51.4 Å². The number of thioether (sulfide) groups is 1. The SMILES string of the molecule is CCOC(=O)c1ccc(NC(=O)[C@@H](C)Sc2nc3c(c(=O)[nH]2)CCCC3)cc1. The van der Waals surface area contributed by atoms with E-state index < -0.39 is 11.2 Å². The number of benzene rings is 1. The molecule has 2 aromatic rings. The summed E-state index contributed by atoms with van der Waals surface area (Å²) in [6.07, 6.45) is 3.62. The van der Waals surface area contributed by atoms with Crippen molar-refractivity contribution in [1.82, 2.24) is 9.97 Å². The van der Waals surface area contributed by atoms with Gasteiger partial charge in [0.25, 0.3) is 5.56 Å². The van der Waals surface area contributed by atoms with Gasteiger partial charge in [0, 0.05) is 11.3 Å². The van der Waals surface area contributed by atoms with Gasteiger partial charge in [-0.15, -0.1) is 0 Å². The van der Waals surface area contributed by atoms with Crippen LogP contribution in [0.4, 0.5) is 5.69 Å². The molecule has 0 spiro atoms. The molecule has 2 N–H and O–H groups in total. The van der Waals surface area contributed by atoms with Crippen LogP contribution in [0.1, 0.15) is 48.3 Å². The topological polar surface area (TPSA) is 101 Å². The first-order valence-corrected chi connectivity index (χ1v) is 10.2. The van der Waals surface area contributed by atoms with Crippen molar-refractivity contribution in [1.29, 1.82) is 0 Å². The molecule has 0 radical (unpaired) electrons. The minimum absolute atomic E-state index is 0.102. The second-order valence-electron chi connectivity index (χ2n) is 6.55. The number of hydrogen-bond donors (Lipinski definition) is 2. The van der Waals surface area contributed by atoms with E-state index >= 15 is 0 Å². The number of carbonyl (C=O) groups excluding carboxylic acids is 2. The molecule has 0 saturated carbocycles. The summed E-state index contributed by atoms with van der Waals surface area (Å²) in [4.78, 5) is 43.7.